The molecule has 0 aliphatic heterocycles. The van der Waals surface area contributed by atoms with E-state index >= 15 is 0 Å². The summed E-state index contributed by atoms with van der Waals surface area (Å²) < 4.78 is 5.46. The summed E-state index contributed by atoms with van der Waals surface area (Å²) in [5, 5.41) is 22.3. The van der Waals surface area contributed by atoms with E-state index in [1.807, 2.05) is 12.1 Å². The number of ether oxygens (including phenoxy) is 1. The Morgan fingerprint density at radius 2 is 1.75 bits per heavy atom. The Morgan fingerprint density at radius 1 is 1.25 bits per heavy atom. The molecule has 0 heterocycles. The van der Waals surface area contributed by atoms with Crippen molar-refractivity contribution in [1.29, 1.82) is 10.5 Å². The zero-order valence-corrected chi connectivity index (χ0v) is 9.34. The fraction of sp³-hybridized carbons (Fsp3) is 0.333. The van der Waals surface area contributed by atoms with Crippen molar-refractivity contribution in [2.45, 2.75) is 13.8 Å². The minimum atomic E-state index is 0.524. The van der Waals surface area contributed by atoms with E-state index in [2.05, 4.69) is 19.9 Å². The van der Waals surface area contributed by atoms with Gasteiger partial charge in [-0.3, -0.25) is 0 Å². The van der Waals surface area contributed by atoms with Gasteiger partial charge in [-0.1, -0.05) is 13.8 Å². The molecule has 1 N–H and O–H groups in total. The zero-order valence-electron chi connectivity index (χ0n) is 9.34. The Balaban J connectivity index is 0.000000673. The molecule has 0 radical (unpaired) electrons. The smallest absolute Gasteiger partial charge is 0.283 e. The Labute approximate surface area is 95.3 Å². The molecular formula is C12H14N2O2. The standard InChI is InChI=1S/C11H13NO.CHNO/c1-9(2)8-13-11-5-3-10(7-12)4-6-11;2-1-3/h3-6,9H,8H2,1-2H3;3H. The van der Waals surface area contributed by atoms with Crippen LogP contribution in [0.1, 0.15) is 19.4 Å². The quantitative estimate of drug-likeness (QED) is 0.790. The maximum Gasteiger partial charge on any atom is 0.283 e. The van der Waals surface area contributed by atoms with E-state index < -0.39 is 0 Å². The fourth-order valence-electron chi connectivity index (χ4n) is 0.889. The van der Waals surface area contributed by atoms with Gasteiger partial charge < -0.3 is 9.84 Å². The third-order valence-corrected chi connectivity index (χ3v) is 1.57. The van der Waals surface area contributed by atoms with Gasteiger partial charge in [0.25, 0.3) is 6.26 Å². The first-order valence-corrected chi connectivity index (χ1v) is 4.80. The molecule has 0 aliphatic carbocycles. The molecule has 1 rings (SSSR count). The van der Waals surface area contributed by atoms with Crippen molar-refractivity contribution in [3.63, 3.8) is 0 Å². The van der Waals surface area contributed by atoms with Crippen molar-refractivity contribution in [2.24, 2.45) is 5.92 Å². The number of aliphatic hydroxyl groups excluding tert-OH is 1. The number of nitrogens with zero attached hydrogens (tertiary/aromatic N) is 2. The second kappa shape index (κ2) is 8.14. The van der Waals surface area contributed by atoms with Crippen molar-refractivity contribution in [3.05, 3.63) is 29.8 Å². The predicted octanol–water partition coefficient (Wildman–Crippen LogP) is 2.43. The maximum absolute atomic E-state index is 8.56. The van der Waals surface area contributed by atoms with Crippen LogP contribution >= 0.6 is 0 Å². The first-order chi connectivity index (χ1) is 7.63. The zero-order chi connectivity index (χ0) is 12.4. The Bertz CT molecular complexity index is 371. The van der Waals surface area contributed by atoms with Crippen molar-refractivity contribution in [1.82, 2.24) is 0 Å². The molecule has 0 unspecified atom stereocenters. The molecule has 4 nitrogen and oxygen atoms in total. The van der Waals surface area contributed by atoms with Gasteiger partial charge in [-0.2, -0.15) is 10.5 Å². The number of benzene rings is 1. The molecule has 16 heavy (non-hydrogen) atoms. The summed E-state index contributed by atoms with van der Waals surface area (Å²) in [6.45, 7) is 4.92. The van der Waals surface area contributed by atoms with E-state index in [0.717, 1.165) is 12.0 Å². The molecule has 0 spiro atoms. The summed E-state index contributed by atoms with van der Waals surface area (Å²) in [4.78, 5) is 0. The van der Waals surface area contributed by atoms with Crippen LogP contribution in [-0.2, 0) is 0 Å². The molecule has 0 atom stereocenters. The molecule has 0 aliphatic rings. The topological polar surface area (TPSA) is 77.0 Å². The van der Waals surface area contributed by atoms with E-state index in [0.29, 0.717) is 18.1 Å². The predicted molar refractivity (Wildman–Crippen MR) is 59.0 cm³/mol. The average Bonchev–Trinajstić information content (AvgIpc) is 2.28. The highest BCUT2D eigenvalue weighted by Crippen LogP contribution is 2.12. The third kappa shape index (κ3) is 6.28. The highest BCUT2D eigenvalue weighted by atomic mass is 16.5. The third-order valence-electron chi connectivity index (χ3n) is 1.57. The van der Waals surface area contributed by atoms with Crippen LogP contribution in [0.5, 0.6) is 5.75 Å². The number of hydrogen-bond donors (Lipinski definition) is 1. The van der Waals surface area contributed by atoms with Crippen molar-refractivity contribution >= 4 is 0 Å². The lowest BCUT2D eigenvalue weighted by Gasteiger charge is -2.07. The van der Waals surface area contributed by atoms with E-state index in [4.69, 9.17) is 20.4 Å². The SMILES string of the molecule is CC(C)COc1ccc(C#N)cc1.N#CO. The van der Waals surface area contributed by atoms with Gasteiger partial charge in [0, 0.05) is 0 Å². The summed E-state index contributed by atoms with van der Waals surface area (Å²) in [5.41, 5.74) is 0.664. The molecule has 0 bridgehead atoms. The molecule has 1 aromatic carbocycles. The molecule has 4 heteroatoms. The van der Waals surface area contributed by atoms with Gasteiger partial charge in [-0.05, 0) is 30.2 Å². The Hall–Kier alpha value is -2.20. The summed E-state index contributed by atoms with van der Waals surface area (Å²) >= 11 is 0. The van der Waals surface area contributed by atoms with E-state index in [-0.39, 0.29) is 0 Å². The lowest BCUT2D eigenvalue weighted by molar-refractivity contribution is 0.271. The van der Waals surface area contributed by atoms with Crippen molar-refractivity contribution < 1.29 is 9.84 Å². The first kappa shape index (κ1) is 13.8. The summed E-state index contributed by atoms with van der Waals surface area (Å²) in [6.07, 6.45) is 0.750. The van der Waals surface area contributed by atoms with E-state index in [1.165, 1.54) is 0 Å². The minimum absolute atomic E-state index is 0.524. The number of hydrogen-bond acceptors (Lipinski definition) is 4. The van der Waals surface area contributed by atoms with Gasteiger partial charge in [0.1, 0.15) is 5.75 Å². The van der Waals surface area contributed by atoms with Gasteiger partial charge >= 0.3 is 0 Å². The largest absolute Gasteiger partial charge is 0.493 e. The highest BCUT2D eigenvalue weighted by molar-refractivity contribution is 5.34. The van der Waals surface area contributed by atoms with Crippen LogP contribution in [0.25, 0.3) is 0 Å². The van der Waals surface area contributed by atoms with Crippen molar-refractivity contribution in [3.8, 4) is 18.1 Å². The van der Waals surface area contributed by atoms with Gasteiger partial charge in [0.2, 0.25) is 0 Å². The number of aliphatic hydroxyl groups is 1. The van der Waals surface area contributed by atoms with Crippen LogP contribution in [0.2, 0.25) is 0 Å². The molecule has 84 valence electrons. The molecule has 0 amide bonds. The molecule has 0 saturated heterocycles. The van der Waals surface area contributed by atoms with Gasteiger partial charge in [-0.25, -0.2) is 0 Å². The van der Waals surface area contributed by atoms with Crippen LogP contribution in [0.15, 0.2) is 24.3 Å². The number of nitriles is 2. The van der Waals surface area contributed by atoms with Gasteiger partial charge in [-0.15, -0.1) is 0 Å². The van der Waals surface area contributed by atoms with Crippen LogP contribution in [-0.4, -0.2) is 11.7 Å². The summed E-state index contributed by atoms with van der Waals surface area (Å²) in [5.74, 6) is 1.35. The Morgan fingerprint density at radius 3 is 2.12 bits per heavy atom. The van der Waals surface area contributed by atoms with Gasteiger partial charge in [0.15, 0.2) is 0 Å². The van der Waals surface area contributed by atoms with E-state index in [1.54, 1.807) is 12.1 Å². The fourth-order valence-corrected chi connectivity index (χ4v) is 0.889. The molecule has 0 aromatic heterocycles. The van der Waals surface area contributed by atoms with Crippen LogP contribution < -0.4 is 4.74 Å². The second-order valence-electron chi connectivity index (χ2n) is 3.44. The lowest BCUT2D eigenvalue weighted by atomic mass is 10.2. The highest BCUT2D eigenvalue weighted by Gasteiger charge is 1.96. The van der Waals surface area contributed by atoms with Crippen molar-refractivity contribution in [2.75, 3.05) is 6.61 Å². The lowest BCUT2D eigenvalue weighted by Crippen LogP contribution is -2.04. The van der Waals surface area contributed by atoms with Crippen LogP contribution in [0, 0.1) is 28.8 Å². The van der Waals surface area contributed by atoms with Gasteiger partial charge in [0.05, 0.1) is 18.2 Å². The monoisotopic (exact) mass is 218 g/mol. The summed E-state index contributed by atoms with van der Waals surface area (Å²) in [7, 11) is 0. The maximum atomic E-state index is 8.56. The summed E-state index contributed by atoms with van der Waals surface area (Å²) in [6, 6.07) is 9.22. The average molecular weight is 218 g/mol. The second-order valence-corrected chi connectivity index (χ2v) is 3.44. The first-order valence-electron chi connectivity index (χ1n) is 4.80. The van der Waals surface area contributed by atoms with Crippen LogP contribution in [0.3, 0.4) is 0 Å². The molecule has 1 aromatic rings. The van der Waals surface area contributed by atoms with E-state index in [9.17, 15) is 0 Å². The number of rotatable bonds is 3. The minimum Gasteiger partial charge on any atom is -0.493 e. The van der Waals surface area contributed by atoms with Crippen LogP contribution in [0.4, 0.5) is 0 Å². The Kier molecular flexibility index (Phi) is 7.02. The molecular weight excluding hydrogens is 204 g/mol. The molecule has 0 saturated carbocycles. The molecule has 0 fully saturated rings. The normalized spacial score (nSPS) is 8.31.